The molecule has 3 aromatic rings. The molecule has 0 atom stereocenters. The van der Waals surface area contributed by atoms with Crippen LogP contribution in [-0.4, -0.2) is 25.3 Å². The van der Waals surface area contributed by atoms with E-state index in [-0.39, 0.29) is 22.7 Å². The lowest BCUT2D eigenvalue weighted by Crippen LogP contribution is -1.91. The van der Waals surface area contributed by atoms with Crippen molar-refractivity contribution in [1.82, 2.24) is 10.2 Å². The van der Waals surface area contributed by atoms with Crippen LogP contribution in [0.4, 0.5) is 10.1 Å². The molecule has 7 nitrogen and oxygen atoms in total. The number of nitro groups is 1. The van der Waals surface area contributed by atoms with Crippen LogP contribution in [0.2, 0.25) is 0 Å². The normalized spacial score (nSPS) is 10.7. The molecule has 8 heteroatoms. The van der Waals surface area contributed by atoms with Gasteiger partial charge in [0.2, 0.25) is 0 Å². The predicted octanol–water partition coefficient (Wildman–Crippen LogP) is 3.20. The van der Waals surface area contributed by atoms with E-state index in [0.29, 0.717) is 17.0 Å². The van der Waals surface area contributed by atoms with Crippen LogP contribution in [0, 0.1) is 15.9 Å². The maximum atomic E-state index is 14.0. The highest BCUT2D eigenvalue weighted by Gasteiger charge is 2.15. The minimum Gasteiger partial charge on any atom is -0.508 e. The van der Waals surface area contributed by atoms with Crippen molar-refractivity contribution in [1.29, 1.82) is 0 Å². The number of aromatic amines is 1. The molecular formula is C15H10FN3O4. The average molecular weight is 315 g/mol. The summed E-state index contributed by atoms with van der Waals surface area (Å²) in [5.41, 5.74) is 0.775. The number of halogens is 1. The van der Waals surface area contributed by atoms with Crippen molar-refractivity contribution in [2.75, 3.05) is 0 Å². The number of aromatic nitrogens is 2. The van der Waals surface area contributed by atoms with Crippen molar-refractivity contribution >= 4 is 5.69 Å². The summed E-state index contributed by atoms with van der Waals surface area (Å²) in [5, 5.41) is 36.3. The van der Waals surface area contributed by atoms with Gasteiger partial charge in [-0.2, -0.15) is 5.10 Å². The highest BCUT2D eigenvalue weighted by Crippen LogP contribution is 2.33. The van der Waals surface area contributed by atoms with Gasteiger partial charge in [0.15, 0.2) is 0 Å². The van der Waals surface area contributed by atoms with Gasteiger partial charge in [0.05, 0.1) is 22.4 Å². The number of nitro benzene ring substituents is 1. The molecule has 2 aromatic carbocycles. The standard InChI is InChI=1S/C15H10FN3O4/c16-12-5-8(19(22)23)1-3-10(12)13-7-14(18-17-13)11-4-2-9(20)6-15(11)21/h1-7,20-21H,(H,17,18). The first-order valence-electron chi connectivity index (χ1n) is 6.48. The Morgan fingerprint density at radius 3 is 2.48 bits per heavy atom. The summed E-state index contributed by atoms with van der Waals surface area (Å²) in [6, 6.07) is 8.81. The van der Waals surface area contributed by atoms with Gasteiger partial charge < -0.3 is 10.2 Å². The Kier molecular flexibility index (Phi) is 3.41. The quantitative estimate of drug-likeness (QED) is 0.507. The zero-order chi connectivity index (χ0) is 16.6. The van der Waals surface area contributed by atoms with Crippen LogP contribution in [0.3, 0.4) is 0 Å². The largest absolute Gasteiger partial charge is 0.508 e. The number of H-pyrrole nitrogens is 1. The molecule has 0 aliphatic rings. The number of phenolic OH excluding ortho intramolecular Hbond substituents is 2. The second kappa shape index (κ2) is 5.41. The van der Waals surface area contributed by atoms with E-state index in [1.54, 1.807) is 0 Å². The fourth-order valence-electron chi connectivity index (χ4n) is 2.17. The summed E-state index contributed by atoms with van der Waals surface area (Å²) in [6.45, 7) is 0. The number of benzene rings is 2. The molecule has 3 N–H and O–H groups in total. The lowest BCUT2D eigenvalue weighted by Gasteiger charge is -2.01. The molecule has 0 fully saturated rings. The zero-order valence-corrected chi connectivity index (χ0v) is 11.5. The number of rotatable bonds is 3. The lowest BCUT2D eigenvalue weighted by molar-refractivity contribution is -0.385. The Bertz CT molecular complexity index is 907. The van der Waals surface area contributed by atoms with Crippen LogP contribution >= 0.6 is 0 Å². The molecule has 3 rings (SSSR count). The van der Waals surface area contributed by atoms with Crippen LogP contribution < -0.4 is 0 Å². The summed E-state index contributed by atoms with van der Waals surface area (Å²) in [6.07, 6.45) is 0. The van der Waals surface area contributed by atoms with Gasteiger partial charge in [-0.25, -0.2) is 4.39 Å². The molecule has 0 spiro atoms. The molecule has 0 bridgehead atoms. The Balaban J connectivity index is 2.00. The van der Waals surface area contributed by atoms with Crippen molar-refractivity contribution < 1.29 is 19.5 Å². The van der Waals surface area contributed by atoms with E-state index in [4.69, 9.17) is 0 Å². The molecule has 1 heterocycles. The lowest BCUT2D eigenvalue weighted by atomic mass is 10.1. The molecule has 0 saturated carbocycles. The molecule has 23 heavy (non-hydrogen) atoms. The maximum absolute atomic E-state index is 14.0. The highest BCUT2D eigenvalue weighted by molar-refractivity contribution is 5.73. The number of hydrogen-bond acceptors (Lipinski definition) is 5. The van der Waals surface area contributed by atoms with E-state index in [1.807, 2.05) is 0 Å². The Morgan fingerprint density at radius 1 is 1.09 bits per heavy atom. The average Bonchev–Trinajstić information content (AvgIpc) is 2.96. The van der Waals surface area contributed by atoms with Crippen LogP contribution in [0.5, 0.6) is 11.5 Å². The van der Waals surface area contributed by atoms with Gasteiger partial charge in [0.1, 0.15) is 17.3 Å². The first-order valence-corrected chi connectivity index (χ1v) is 6.48. The summed E-state index contributed by atoms with van der Waals surface area (Å²) in [5.74, 6) is -1.03. The minimum atomic E-state index is -0.760. The maximum Gasteiger partial charge on any atom is 0.272 e. The second-order valence-corrected chi connectivity index (χ2v) is 4.79. The SMILES string of the molecule is O=[N+]([O-])c1ccc(-c2cc(-c3ccc(O)cc3O)n[nH]2)c(F)c1. The van der Waals surface area contributed by atoms with E-state index in [2.05, 4.69) is 10.2 Å². The summed E-state index contributed by atoms with van der Waals surface area (Å²) in [7, 11) is 0. The van der Waals surface area contributed by atoms with Crippen molar-refractivity contribution in [2.45, 2.75) is 0 Å². The van der Waals surface area contributed by atoms with Crippen LogP contribution in [0.15, 0.2) is 42.5 Å². The molecule has 116 valence electrons. The van der Waals surface area contributed by atoms with Gasteiger partial charge in [-0.15, -0.1) is 0 Å². The third-order valence-corrected chi connectivity index (χ3v) is 3.29. The molecular weight excluding hydrogens is 305 g/mol. The summed E-state index contributed by atoms with van der Waals surface area (Å²) >= 11 is 0. The van der Waals surface area contributed by atoms with Crippen LogP contribution in [0.1, 0.15) is 0 Å². The monoisotopic (exact) mass is 315 g/mol. The van der Waals surface area contributed by atoms with Gasteiger partial charge in [0.25, 0.3) is 5.69 Å². The van der Waals surface area contributed by atoms with Crippen LogP contribution in [0.25, 0.3) is 22.5 Å². The van der Waals surface area contributed by atoms with Gasteiger partial charge in [-0.05, 0) is 24.3 Å². The van der Waals surface area contributed by atoms with Gasteiger partial charge in [0, 0.05) is 23.3 Å². The third-order valence-electron chi connectivity index (χ3n) is 3.29. The fourth-order valence-corrected chi connectivity index (χ4v) is 2.17. The van der Waals surface area contributed by atoms with Crippen molar-refractivity contribution in [2.24, 2.45) is 0 Å². The topological polar surface area (TPSA) is 112 Å². The first-order chi connectivity index (χ1) is 11.0. The third kappa shape index (κ3) is 2.69. The molecule has 0 unspecified atom stereocenters. The van der Waals surface area contributed by atoms with E-state index in [1.165, 1.54) is 30.3 Å². The summed E-state index contributed by atoms with van der Waals surface area (Å²) < 4.78 is 14.0. The number of hydrogen-bond donors (Lipinski definition) is 3. The predicted molar refractivity (Wildman–Crippen MR) is 79.4 cm³/mol. The molecule has 0 saturated heterocycles. The van der Waals surface area contributed by atoms with Crippen molar-refractivity contribution in [3.63, 3.8) is 0 Å². The van der Waals surface area contributed by atoms with E-state index in [0.717, 1.165) is 12.1 Å². The number of nitrogens with one attached hydrogen (secondary N) is 1. The number of aromatic hydroxyl groups is 2. The van der Waals surface area contributed by atoms with Crippen molar-refractivity contribution in [3.8, 4) is 34.0 Å². The Hall–Kier alpha value is -3.42. The molecule has 1 aromatic heterocycles. The molecule has 0 radical (unpaired) electrons. The van der Waals surface area contributed by atoms with Gasteiger partial charge in [-0.3, -0.25) is 15.2 Å². The molecule has 0 amide bonds. The highest BCUT2D eigenvalue weighted by atomic mass is 19.1. The molecule has 0 aliphatic heterocycles. The minimum absolute atomic E-state index is 0.0941. The second-order valence-electron chi connectivity index (χ2n) is 4.79. The molecule has 0 aliphatic carbocycles. The Morgan fingerprint density at radius 2 is 1.83 bits per heavy atom. The van der Waals surface area contributed by atoms with E-state index >= 15 is 0 Å². The van der Waals surface area contributed by atoms with E-state index < -0.39 is 10.7 Å². The van der Waals surface area contributed by atoms with Gasteiger partial charge in [-0.1, -0.05) is 0 Å². The summed E-state index contributed by atoms with van der Waals surface area (Å²) in [4.78, 5) is 9.94. The first kappa shape index (κ1) is 14.5. The number of non-ortho nitro benzene ring substituents is 1. The van der Waals surface area contributed by atoms with Gasteiger partial charge >= 0.3 is 0 Å². The van der Waals surface area contributed by atoms with Crippen molar-refractivity contribution in [3.05, 3.63) is 58.4 Å². The zero-order valence-electron chi connectivity index (χ0n) is 11.5. The Labute approximate surface area is 128 Å². The number of nitrogens with zero attached hydrogens (tertiary/aromatic N) is 2. The fraction of sp³-hybridized carbons (Fsp3) is 0. The number of phenols is 2. The van der Waals surface area contributed by atoms with Crippen LogP contribution in [-0.2, 0) is 0 Å². The smallest absolute Gasteiger partial charge is 0.272 e. The van der Waals surface area contributed by atoms with E-state index in [9.17, 15) is 24.7 Å².